The number of nitro benzene ring substituents is 1. The van der Waals surface area contributed by atoms with Crippen molar-refractivity contribution in [1.82, 2.24) is 0 Å². The van der Waals surface area contributed by atoms with Crippen molar-refractivity contribution in [3.8, 4) is 11.1 Å². The van der Waals surface area contributed by atoms with Gasteiger partial charge in [-0.15, -0.1) is 0 Å². The van der Waals surface area contributed by atoms with Crippen molar-refractivity contribution in [3.63, 3.8) is 0 Å². The Morgan fingerprint density at radius 1 is 0.700 bits per heavy atom. The molecule has 0 bridgehead atoms. The van der Waals surface area contributed by atoms with E-state index < -0.39 is 7.26 Å². The molecule has 0 aliphatic rings. The fourth-order valence-electron chi connectivity index (χ4n) is 4.12. The third kappa shape index (κ3) is 3.36. The SMILES string of the molecule is C[PH](c1ccccc1)(c1ccccc1)c1cccc(-c2ccccc2[N+](=O)[O-])c1N. The summed E-state index contributed by atoms with van der Waals surface area (Å²) in [6, 6.07) is 33.5. The van der Waals surface area contributed by atoms with Crippen LogP contribution in [0.15, 0.2) is 103 Å². The average molecular weight is 414 g/mol. The zero-order chi connectivity index (χ0) is 21.1. The standard InChI is InChI=1S/C25H23N2O2P/c1-30(19-11-4-2-5-12-19,20-13-6-3-7-14-20)24-18-10-16-22(25(24)26)21-15-8-9-17-23(21)27(28)29/h2-18,30H,26H2,1H3. The van der Waals surface area contributed by atoms with Crippen molar-refractivity contribution in [3.05, 3.63) is 113 Å². The molecule has 0 fully saturated rings. The van der Waals surface area contributed by atoms with E-state index in [1.807, 2.05) is 48.5 Å². The number of hydrogen-bond donors (Lipinski definition) is 1. The summed E-state index contributed by atoms with van der Waals surface area (Å²) in [5.74, 6) is 0. The van der Waals surface area contributed by atoms with Crippen molar-refractivity contribution in [2.45, 2.75) is 0 Å². The average Bonchev–Trinajstić information content (AvgIpc) is 2.80. The summed E-state index contributed by atoms with van der Waals surface area (Å²) in [5, 5.41) is 15.1. The van der Waals surface area contributed by atoms with E-state index in [9.17, 15) is 10.1 Å². The van der Waals surface area contributed by atoms with Crippen LogP contribution in [0.2, 0.25) is 0 Å². The normalized spacial score (nSPS) is 11.8. The predicted octanol–water partition coefficient (Wildman–Crippen LogP) is 4.50. The third-order valence-electron chi connectivity index (χ3n) is 5.74. The molecular weight excluding hydrogens is 391 g/mol. The fraction of sp³-hybridized carbons (Fsp3) is 0.0400. The molecule has 4 aromatic rings. The van der Waals surface area contributed by atoms with E-state index in [2.05, 4.69) is 37.0 Å². The molecule has 0 atom stereocenters. The first-order chi connectivity index (χ1) is 14.5. The second-order valence-corrected chi connectivity index (χ2v) is 11.3. The van der Waals surface area contributed by atoms with Crippen molar-refractivity contribution in [2.24, 2.45) is 0 Å². The van der Waals surface area contributed by atoms with E-state index in [0.717, 1.165) is 5.30 Å². The number of benzene rings is 4. The molecule has 30 heavy (non-hydrogen) atoms. The van der Waals surface area contributed by atoms with Crippen molar-refractivity contribution in [2.75, 3.05) is 12.4 Å². The molecule has 0 saturated heterocycles. The Labute approximate surface area is 176 Å². The number of hydrogen-bond acceptors (Lipinski definition) is 3. The van der Waals surface area contributed by atoms with E-state index in [0.29, 0.717) is 16.8 Å². The molecule has 2 N–H and O–H groups in total. The molecule has 0 amide bonds. The molecule has 5 heteroatoms. The molecule has 0 unspecified atom stereocenters. The van der Waals surface area contributed by atoms with Crippen molar-refractivity contribution >= 4 is 34.6 Å². The van der Waals surface area contributed by atoms with Gasteiger partial charge in [0.1, 0.15) is 0 Å². The van der Waals surface area contributed by atoms with Crippen LogP contribution in [0.4, 0.5) is 11.4 Å². The van der Waals surface area contributed by atoms with Crippen molar-refractivity contribution < 1.29 is 4.92 Å². The summed E-state index contributed by atoms with van der Waals surface area (Å²) < 4.78 is 0. The number of nitrogen functional groups attached to an aromatic ring is 1. The van der Waals surface area contributed by atoms with Gasteiger partial charge in [0.2, 0.25) is 0 Å². The zero-order valence-corrected chi connectivity index (χ0v) is 17.7. The number of rotatable bonds is 5. The van der Waals surface area contributed by atoms with E-state index >= 15 is 0 Å². The minimum absolute atomic E-state index is 0.0594. The Hall–Kier alpha value is -3.49. The van der Waals surface area contributed by atoms with Crippen LogP contribution >= 0.6 is 7.26 Å². The Morgan fingerprint density at radius 2 is 1.20 bits per heavy atom. The monoisotopic (exact) mass is 414 g/mol. The van der Waals surface area contributed by atoms with Gasteiger partial charge in [0.15, 0.2) is 0 Å². The number of nitrogens with two attached hydrogens (primary N) is 1. The van der Waals surface area contributed by atoms with Crippen LogP contribution in [0.25, 0.3) is 11.1 Å². The van der Waals surface area contributed by atoms with E-state index in [4.69, 9.17) is 5.73 Å². The van der Waals surface area contributed by atoms with E-state index in [1.165, 1.54) is 16.7 Å². The van der Waals surface area contributed by atoms with Gasteiger partial charge in [-0.3, -0.25) is 0 Å². The number of nitrogens with zero attached hydrogens (tertiary/aromatic N) is 1. The quantitative estimate of drug-likeness (QED) is 0.226. The van der Waals surface area contributed by atoms with Gasteiger partial charge in [0, 0.05) is 0 Å². The minimum atomic E-state index is -2.43. The molecule has 0 aromatic heterocycles. The molecule has 4 aromatic carbocycles. The molecule has 4 nitrogen and oxygen atoms in total. The molecular formula is C25H23N2O2P. The molecule has 0 heterocycles. The maximum absolute atomic E-state index is 11.6. The van der Waals surface area contributed by atoms with Gasteiger partial charge in [-0.1, -0.05) is 0 Å². The van der Waals surface area contributed by atoms with Crippen LogP contribution < -0.4 is 21.6 Å². The Balaban J connectivity index is 2.00. The number of nitro groups is 1. The van der Waals surface area contributed by atoms with Gasteiger partial charge in [-0.05, 0) is 0 Å². The van der Waals surface area contributed by atoms with Crippen molar-refractivity contribution in [1.29, 1.82) is 0 Å². The van der Waals surface area contributed by atoms with Gasteiger partial charge in [0.25, 0.3) is 0 Å². The Kier molecular flexibility index (Phi) is 5.35. The summed E-state index contributed by atoms with van der Waals surface area (Å²) in [7, 11) is -2.43. The third-order valence-corrected chi connectivity index (χ3v) is 10.2. The molecule has 0 spiro atoms. The summed E-state index contributed by atoms with van der Waals surface area (Å²) in [6.07, 6.45) is 0. The van der Waals surface area contributed by atoms with Gasteiger partial charge < -0.3 is 0 Å². The summed E-state index contributed by atoms with van der Waals surface area (Å²) in [4.78, 5) is 11.2. The van der Waals surface area contributed by atoms with Crippen LogP contribution in [0.1, 0.15) is 0 Å². The zero-order valence-electron chi connectivity index (χ0n) is 16.7. The van der Waals surface area contributed by atoms with Gasteiger partial charge in [0.05, 0.1) is 0 Å². The molecule has 0 aliphatic carbocycles. The number of para-hydroxylation sites is 2. The number of anilines is 1. The second-order valence-electron chi connectivity index (χ2n) is 7.40. The maximum atomic E-state index is 11.6. The fourth-order valence-corrected chi connectivity index (χ4v) is 7.89. The molecule has 0 radical (unpaired) electrons. The van der Waals surface area contributed by atoms with E-state index in [-0.39, 0.29) is 10.6 Å². The predicted molar refractivity (Wildman–Crippen MR) is 129 cm³/mol. The van der Waals surface area contributed by atoms with Gasteiger partial charge in [-0.25, -0.2) is 0 Å². The first-order valence-corrected chi connectivity index (χ1v) is 12.3. The Morgan fingerprint density at radius 3 is 1.77 bits per heavy atom. The van der Waals surface area contributed by atoms with Crippen LogP contribution in [0, 0.1) is 10.1 Å². The molecule has 0 aliphatic heterocycles. The second kappa shape index (κ2) is 8.10. The van der Waals surface area contributed by atoms with Gasteiger partial charge >= 0.3 is 176 Å². The molecule has 4 rings (SSSR count). The first-order valence-electron chi connectivity index (χ1n) is 9.77. The molecule has 150 valence electrons. The topological polar surface area (TPSA) is 69.2 Å². The first kappa shape index (κ1) is 19.8. The summed E-state index contributed by atoms with van der Waals surface area (Å²) >= 11 is 0. The van der Waals surface area contributed by atoms with Crippen LogP contribution in [0.5, 0.6) is 0 Å². The van der Waals surface area contributed by atoms with Crippen LogP contribution in [0.3, 0.4) is 0 Å². The summed E-state index contributed by atoms with van der Waals surface area (Å²) in [6.45, 7) is 2.28. The van der Waals surface area contributed by atoms with Crippen LogP contribution in [-0.2, 0) is 0 Å². The van der Waals surface area contributed by atoms with E-state index in [1.54, 1.807) is 18.2 Å². The Bertz CT molecular complexity index is 1150. The summed E-state index contributed by atoms with van der Waals surface area (Å²) in [5.41, 5.74) is 8.66. The van der Waals surface area contributed by atoms with Crippen LogP contribution in [-0.4, -0.2) is 11.6 Å². The van der Waals surface area contributed by atoms with Gasteiger partial charge in [-0.2, -0.15) is 0 Å². The molecule has 0 saturated carbocycles.